The van der Waals surface area contributed by atoms with Crippen LogP contribution in [0.15, 0.2) is 59.5 Å². The van der Waals surface area contributed by atoms with Crippen LogP contribution in [0, 0.1) is 5.92 Å². The summed E-state index contributed by atoms with van der Waals surface area (Å²) in [5, 5.41) is 3.17. The fraction of sp³-hybridized carbons (Fsp3) is 0.409. The number of para-hydroxylation sites is 1. The Morgan fingerprint density at radius 3 is 2.34 bits per heavy atom. The van der Waals surface area contributed by atoms with Gasteiger partial charge < -0.3 is 5.32 Å². The van der Waals surface area contributed by atoms with E-state index in [1.54, 1.807) is 42.5 Å². The van der Waals surface area contributed by atoms with Gasteiger partial charge in [0, 0.05) is 6.54 Å². The molecule has 0 aliphatic rings. The Morgan fingerprint density at radius 2 is 1.72 bits per heavy atom. The number of halogens is 1. The summed E-state index contributed by atoms with van der Waals surface area (Å²) < 4.78 is 27.6. The van der Waals surface area contributed by atoms with Crippen molar-refractivity contribution < 1.29 is 13.2 Å². The number of unbranched alkanes of at least 4 members (excludes halogenated alkanes) is 1. The quantitative estimate of drug-likeness (QED) is 0.546. The molecule has 7 heteroatoms. The third kappa shape index (κ3) is 6.47. The predicted octanol–water partition coefficient (Wildman–Crippen LogP) is 4.87. The molecule has 0 saturated carbocycles. The minimum Gasteiger partial charge on any atom is -0.354 e. The lowest BCUT2D eigenvalue weighted by molar-refractivity contribution is -0.119. The molecule has 0 radical (unpaired) electrons. The molecule has 0 aromatic heterocycles. The van der Waals surface area contributed by atoms with Crippen molar-refractivity contribution in [2.75, 3.05) is 17.4 Å². The highest BCUT2D eigenvalue weighted by Crippen LogP contribution is 2.30. The molecule has 0 saturated heterocycles. The van der Waals surface area contributed by atoms with Crippen LogP contribution in [0.5, 0.6) is 0 Å². The first kappa shape index (κ1) is 23.2. The van der Waals surface area contributed by atoms with Crippen LogP contribution in [-0.4, -0.2) is 27.4 Å². The lowest BCUT2D eigenvalue weighted by atomic mass is 9.99. The molecule has 1 amide bonds. The minimum absolute atomic E-state index is 0.113. The van der Waals surface area contributed by atoms with Crippen molar-refractivity contribution in [1.29, 1.82) is 0 Å². The molecule has 0 fully saturated rings. The predicted molar refractivity (Wildman–Crippen MR) is 119 cm³/mol. The molecule has 0 unspecified atom stereocenters. The van der Waals surface area contributed by atoms with Crippen LogP contribution in [0.1, 0.15) is 39.5 Å². The lowest BCUT2D eigenvalue weighted by Crippen LogP contribution is -2.42. The zero-order valence-electron chi connectivity index (χ0n) is 17.0. The van der Waals surface area contributed by atoms with Gasteiger partial charge in [-0.3, -0.25) is 9.10 Å². The summed E-state index contributed by atoms with van der Waals surface area (Å²) in [6.45, 7) is 4.45. The van der Waals surface area contributed by atoms with E-state index in [0.717, 1.165) is 30.0 Å². The van der Waals surface area contributed by atoms with Crippen LogP contribution in [0.4, 0.5) is 5.69 Å². The molecular weight excluding hydrogens is 408 g/mol. The largest absolute Gasteiger partial charge is 0.354 e. The topological polar surface area (TPSA) is 66.5 Å². The SMILES string of the molecule is CCCC[C@H](CC)CNC(=O)CN(c1ccccc1Cl)S(=O)(=O)c1ccccc1. The second kappa shape index (κ2) is 11.2. The minimum atomic E-state index is -3.94. The Kier molecular flexibility index (Phi) is 8.99. The second-order valence-corrected chi connectivity index (χ2v) is 9.27. The molecular formula is C22H29ClN2O3S. The molecule has 1 N–H and O–H groups in total. The highest BCUT2D eigenvalue weighted by atomic mass is 35.5. The summed E-state index contributed by atoms with van der Waals surface area (Å²) in [6, 6.07) is 14.7. The molecule has 2 rings (SSSR count). The smallest absolute Gasteiger partial charge is 0.264 e. The summed E-state index contributed by atoms with van der Waals surface area (Å²) in [7, 11) is -3.94. The van der Waals surface area contributed by atoms with Crippen LogP contribution in [0.3, 0.4) is 0 Å². The average molecular weight is 437 g/mol. The zero-order valence-corrected chi connectivity index (χ0v) is 18.5. The van der Waals surface area contributed by atoms with Gasteiger partial charge in [0.05, 0.1) is 15.6 Å². The van der Waals surface area contributed by atoms with Crippen LogP contribution in [0.2, 0.25) is 5.02 Å². The van der Waals surface area contributed by atoms with Crippen molar-refractivity contribution in [3.63, 3.8) is 0 Å². The first-order valence-corrected chi connectivity index (χ1v) is 11.8. The summed E-state index contributed by atoms with van der Waals surface area (Å²) in [5.74, 6) is 0.0396. The number of amides is 1. The van der Waals surface area contributed by atoms with Gasteiger partial charge in [-0.05, 0) is 36.6 Å². The number of rotatable bonds is 11. The third-order valence-electron chi connectivity index (χ3n) is 4.87. The fourth-order valence-corrected chi connectivity index (χ4v) is 4.81. The molecule has 2 aromatic carbocycles. The molecule has 29 heavy (non-hydrogen) atoms. The average Bonchev–Trinajstić information content (AvgIpc) is 2.73. The van der Waals surface area contributed by atoms with E-state index < -0.39 is 10.0 Å². The Bertz CT molecular complexity index is 888. The third-order valence-corrected chi connectivity index (χ3v) is 6.96. The number of nitrogens with zero attached hydrogens (tertiary/aromatic N) is 1. The van der Waals surface area contributed by atoms with Gasteiger partial charge in [-0.2, -0.15) is 0 Å². The highest BCUT2D eigenvalue weighted by Gasteiger charge is 2.28. The molecule has 0 heterocycles. The van der Waals surface area contributed by atoms with Crippen molar-refractivity contribution in [2.45, 2.75) is 44.4 Å². The highest BCUT2D eigenvalue weighted by molar-refractivity contribution is 7.92. The number of carbonyl (C=O) groups excluding carboxylic acids is 1. The Morgan fingerprint density at radius 1 is 1.07 bits per heavy atom. The van der Waals surface area contributed by atoms with E-state index in [2.05, 4.69) is 19.2 Å². The molecule has 1 atom stereocenters. The number of hydrogen-bond donors (Lipinski definition) is 1. The summed E-state index contributed by atoms with van der Waals surface area (Å²) in [5.41, 5.74) is 0.284. The zero-order chi connectivity index (χ0) is 21.3. The standard InChI is InChI=1S/C22H29ClN2O3S/c1-3-5-11-18(4-2)16-24-22(26)17-25(21-15-10-9-14-20(21)23)29(27,28)19-12-7-6-8-13-19/h6-10,12-15,18H,3-5,11,16-17H2,1-2H3,(H,24,26)/t18-/m0/s1. The molecule has 0 aliphatic carbocycles. The number of hydrogen-bond acceptors (Lipinski definition) is 3. The second-order valence-electron chi connectivity index (χ2n) is 7.00. The van der Waals surface area contributed by atoms with Crippen molar-refractivity contribution in [2.24, 2.45) is 5.92 Å². The van der Waals surface area contributed by atoms with Gasteiger partial charge in [0.2, 0.25) is 5.91 Å². The molecule has 5 nitrogen and oxygen atoms in total. The number of benzene rings is 2. The monoisotopic (exact) mass is 436 g/mol. The van der Waals surface area contributed by atoms with Gasteiger partial charge in [-0.15, -0.1) is 0 Å². The van der Waals surface area contributed by atoms with Gasteiger partial charge in [-0.1, -0.05) is 75.0 Å². The van der Waals surface area contributed by atoms with E-state index in [9.17, 15) is 13.2 Å². The van der Waals surface area contributed by atoms with Crippen molar-refractivity contribution in [3.8, 4) is 0 Å². The fourth-order valence-electron chi connectivity index (χ4n) is 3.06. The van der Waals surface area contributed by atoms with Gasteiger partial charge in [-0.25, -0.2) is 8.42 Å². The van der Waals surface area contributed by atoms with E-state index in [0.29, 0.717) is 12.5 Å². The maximum absolute atomic E-state index is 13.2. The maximum Gasteiger partial charge on any atom is 0.264 e. The van der Waals surface area contributed by atoms with E-state index in [1.807, 2.05) is 0 Å². The number of anilines is 1. The van der Waals surface area contributed by atoms with E-state index in [1.165, 1.54) is 12.1 Å². The van der Waals surface area contributed by atoms with Crippen molar-refractivity contribution in [1.82, 2.24) is 5.32 Å². The number of sulfonamides is 1. The van der Waals surface area contributed by atoms with Crippen LogP contribution in [0.25, 0.3) is 0 Å². The van der Waals surface area contributed by atoms with E-state index in [-0.39, 0.29) is 28.1 Å². The van der Waals surface area contributed by atoms with E-state index >= 15 is 0 Å². The van der Waals surface area contributed by atoms with Crippen molar-refractivity contribution >= 4 is 33.2 Å². The summed E-state index contributed by atoms with van der Waals surface area (Å²) >= 11 is 6.27. The van der Waals surface area contributed by atoms with Gasteiger partial charge in [0.1, 0.15) is 6.54 Å². The first-order chi connectivity index (χ1) is 13.9. The molecule has 2 aromatic rings. The first-order valence-electron chi connectivity index (χ1n) is 9.99. The van der Waals surface area contributed by atoms with Gasteiger partial charge in [0.25, 0.3) is 10.0 Å². The van der Waals surface area contributed by atoms with E-state index in [4.69, 9.17) is 11.6 Å². The van der Waals surface area contributed by atoms with Crippen molar-refractivity contribution in [3.05, 3.63) is 59.6 Å². The molecule has 158 valence electrons. The Labute approximate surface area is 179 Å². The Balaban J connectivity index is 2.23. The van der Waals surface area contributed by atoms with Gasteiger partial charge in [0.15, 0.2) is 0 Å². The molecule has 0 aliphatic heterocycles. The van der Waals surface area contributed by atoms with Crippen LogP contribution in [-0.2, 0) is 14.8 Å². The normalized spacial score (nSPS) is 12.4. The number of nitrogens with one attached hydrogen (secondary N) is 1. The molecule has 0 spiro atoms. The Hall–Kier alpha value is -2.05. The van der Waals surface area contributed by atoms with Gasteiger partial charge >= 0.3 is 0 Å². The summed E-state index contributed by atoms with van der Waals surface area (Å²) in [4.78, 5) is 12.8. The molecule has 0 bridgehead atoms. The summed E-state index contributed by atoms with van der Waals surface area (Å²) in [6.07, 6.45) is 4.24. The van der Waals surface area contributed by atoms with Crippen LogP contribution < -0.4 is 9.62 Å². The lowest BCUT2D eigenvalue weighted by Gasteiger charge is -2.25. The van der Waals surface area contributed by atoms with Crippen LogP contribution >= 0.6 is 11.6 Å². The number of carbonyl (C=O) groups is 1. The maximum atomic E-state index is 13.2.